The zero-order valence-electron chi connectivity index (χ0n) is 10.8. The lowest BCUT2D eigenvalue weighted by atomic mass is 10.2. The predicted octanol–water partition coefficient (Wildman–Crippen LogP) is 1.96. The molecule has 0 atom stereocenters. The van der Waals surface area contributed by atoms with E-state index >= 15 is 0 Å². The number of methoxy groups -OCH3 is 1. The van der Waals surface area contributed by atoms with Gasteiger partial charge in [-0.05, 0) is 24.3 Å². The van der Waals surface area contributed by atoms with Crippen LogP contribution in [-0.2, 0) is 11.3 Å². The van der Waals surface area contributed by atoms with E-state index in [1.54, 1.807) is 48.9 Å². The summed E-state index contributed by atoms with van der Waals surface area (Å²) in [5.41, 5.74) is 0.609. The number of rotatable bonds is 6. The zero-order valence-corrected chi connectivity index (χ0v) is 10.8. The first-order valence-electron chi connectivity index (χ1n) is 6.02. The van der Waals surface area contributed by atoms with Gasteiger partial charge in [0, 0.05) is 31.6 Å². The SMILES string of the molecule is COCCN(Cc1ccco1)C(=O)c1ccncc1. The Labute approximate surface area is 111 Å². The second kappa shape index (κ2) is 6.70. The first-order valence-corrected chi connectivity index (χ1v) is 6.02. The van der Waals surface area contributed by atoms with E-state index in [9.17, 15) is 4.79 Å². The van der Waals surface area contributed by atoms with Crippen LogP contribution in [0.2, 0.25) is 0 Å². The Morgan fingerprint density at radius 3 is 2.79 bits per heavy atom. The van der Waals surface area contributed by atoms with Crippen molar-refractivity contribution in [1.29, 1.82) is 0 Å². The molecule has 0 aliphatic rings. The molecule has 2 aromatic rings. The number of carbonyl (C=O) groups excluding carboxylic acids is 1. The van der Waals surface area contributed by atoms with Crippen LogP contribution in [0.1, 0.15) is 16.1 Å². The number of pyridine rings is 1. The maximum Gasteiger partial charge on any atom is 0.254 e. The van der Waals surface area contributed by atoms with E-state index in [1.807, 2.05) is 6.07 Å². The molecule has 0 N–H and O–H groups in total. The topological polar surface area (TPSA) is 55.6 Å². The Balaban J connectivity index is 2.10. The van der Waals surface area contributed by atoms with E-state index in [0.29, 0.717) is 25.3 Å². The maximum absolute atomic E-state index is 12.4. The highest BCUT2D eigenvalue weighted by Gasteiger charge is 2.16. The number of aromatic nitrogens is 1. The van der Waals surface area contributed by atoms with Crippen molar-refractivity contribution in [2.45, 2.75) is 6.54 Å². The number of amides is 1. The van der Waals surface area contributed by atoms with Gasteiger partial charge in [-0.15, -0.1) is 0 Å². The van der Waals surface area contributed by atoms with Crippen LogP contribution in [0, 0.1) is 0 Å². The van der Waals surface area contributed by atoms with Gasteiger partial charge >= 0.3 is 0 Å². The smallest absolute Gasteiger partial charge is 0.254 e. The lowest BCUT2D eigenvalue weighted by molar-refractivity contribution is 0.0666. The average Bonchev–Trinajstić information content (AvgIpc) is 2.96. The van der Waals surface area contributed by atoms with E-state index in [0.717, 1.165) is 5.76 Å². The Kier molecular flexibility index (Phi) is 4.69. The molecule has 100 valence electrons. The molecule has 0 spiro atoms. The van der Waals surface area contributed by atoms with Crippen LogP contribution in [0.25, 0.3) is 0 Å². The third kappa shape index (κ3) is 3.66. The monoisotopic (exact) mass is 260 g/mol. The molecular formula is C14H16N2O3. The Bertz CT molecular complexity index is 497. The molecule has 0 fully saturated rings. The van der Waals surface area contributed by atoms with E-state index in [1.165, 1.54) is 0 Å². The molecule has 0 aliphatic carbocycles. The highest BCUT2D eigenvalue weighted by molar-refractivity contribution is 5.94. The van der Waals surface area contributed by atoms with Crippen molar-refractivity contribution < 1.29 is 13.9 Å². The van der Waals surface area contributed by atoms with Crippen LogP contribution >= 0.6 is 0 Å². The van der Waals surface area contributed by atoms with Gasteiger partial charge in [0.05, 0.1) is 19.4 Å². The lowest BCUT2D eigenvalue weighted by Gasteiger charge is -2.21. The molecule has 0 unspecified atom stereocenters. The minimum absolute atomic E-state index is 0.0594. The van der Waals surface area contributed by atoms with Crippen LogP contribution in [0.5, 0.6) is 0 Å². The molecule has 5 nitrogen and oxygen atoms in total. The summed E-state index contributed by atoms with van der Waals surface area (Å²) in [6, 6.07) is 7.05. The number of hydrogen-bond acceptors (Lipinski definition) is 4. The molecule has 0 saturated heterocycles. The summed E-state index contributed by atoms with van der Waals surface area (Å²) >= 11 is 0. The predicted molar refractivity (Wildman–Crippen MR) is 69.6 cm³/mol. The van der Waals surface area contributed by atoms with Crippen molar-refractivity contribution in [3.63, 3.8) is 0 Å². The molecule has 0 radical (unpaired) electrons. The van der Waals surface area contributed by atoms with Gasteiger partial charge in [0.1, 0.15) is 5.76 Å². The minimum Gasteiger partial charge on any atom is -0.467 e. The molecule has 0 bridgehead atoms. The van der Waals surface area contributed by atoms with Gasteiger partial charge in [0.25, 0.3) is 5.91 Å². The quantitative estimate of drug-likeness (QED) is 0.796. The molecule has 2 rings (SSSR count). The van der Waals surface area contributed by atoms with Crippen molar-refractivity contribution in [2.24, 2.45) is 0 Å². The number of furan rings is 1. The van der Waals surface area contributed by atoms with Crippen molar-refractivity contribution in [2.75, 3.05) is 20.3 Å². The van der Waals surface area contributed by atoms with E-state index in [4.69, 9.17) is 9.15 Å². The Morgan fingerprint density at radius 1 is 1.37 bits per heavy atom. The second-order valence-corrected chi connectivity index (χ2v) is 4.03. The maximum atomic E-state index is 12.4. The van der Waals surface area contributed by atoms with Crippen LogP contribution in [-0.4, -0.2) is 36.1 Å². The minimum atomic E-state index is -0.0594. The van der Waals surface area contributed by atoms with Crippen LogP contribution in [0.4, 0.5) is 0 Å². The highest BCUT2D eigenvalue weighted by Crippen LogP contribution is 2.10. The van der Waals surface area contributed by atoms with Gasteiger partial charge in [-0.3, -0.25) is 9.78 Å². The molecule has 1 amide bonds. The third-order valence-electron chi connectivity index (χ3n) is 2.71. The van der Waals surface area contributed by atoms with Crippen molar-refractivity contribution >= 4 is 5.91 Å². The summed E-state index contributed by atoms with van der Waals surface area (Å²) in [4.78, 5) is 18.0. The van der Waals surface area contributed by atoms with Gasteiger partial charge < -0.3 is 14.1 Å². The molecule has 19 heavy (non-hydrogen) atoms. The van der Waals surface area contributed by atoms with Crippen molar-refractivity contribution in [1.82, 2.24) is 9.88 Å². The van der Waals surface area contributed by atoms with Crippen LogP contribution in [0.3, 0.4) is 0 Å². The van der Waals surface area contributed by atoms with Crippen molar-refractivity contribution in [3.8, 4) is 0 Å². The Hall–Kier alpha value is -2.14. The van der Waals surface area contributed by atoms with Gasteiger partial charge in [-0.25, -0.2) is 0 Å². The summed E-state index contributed by atoms with van der Waals surface area (Å²) < 4.78 is 10.3. The molecular weight excluding hydrogens is 244 g/mol. The van der Waals surface area contributed by atoms with Gasteiger partial charge in [0.2, 0.25) is 0 Å². The van der Waals surface area contributed by atoms with E-state index in [2.05, 4.69) is 4.98 Å². The van der Waals surface area contributed by atoms with Crippen LogP contribution < -0.4 is 0 Å². The van der Waals surface area contributed by atoms with E-state index in [-0.39, 0.29) is 5.91 Å². The first-order chi connectivity index (χ1) is 9.31. The van der Waals surface area contributed by atoms with Crippen molar-refractivity contribution in [3.05, 3.63) is 54.2 Å². The fourth-order valence-electron chi connectivity index (χ4n) is 1.72. The fraction of sp³-hybridized carbons (Fsp3) is 0.286. The summed E-state index contributed by atoms with van der Waals surface area (Å²) in [6.07, 6.45) is 4.81. The highest BCUT2D eigenvalue weighted by atomic mass is 16.5. The number of nitrogens with zero attached hydrogens (tertiary/aromatic N) is 2. The summed E-state index contributed by atoms with van der Waals surface area (Å²) in [6.45, 7) is 1.42. The largest absolute Gasteiger partial charge is 0.467 e. The molecule has 2 heterocycles. The summed E-state index contributed by atoms with van der Waals surface area (Å²) in [5.74, 6) is 0.689. The number of hydrogen-bond donors (Lipinski definition) is 0. The van der Waals surface area contributed by atoms with Gasteiger partial charge in [-0.1, -0.05) is 0 Å². The van der Waals surface area contributed by atoms with Gasteiger partial charge in [-0.2, -0.15) is 0 Å². The zero-order chi connectivity index (χ0) is 13.5. The molecule has 0 aliphatic heterocycles. The van der Waals surface area contributed by atoms with E-state index < -0.39 is 0 Å². The third-order valence-corrected chi connectivity index (χ3v) is 2.71. The standard InChI is InChI=1S/C14H16N2O3/c1-18-10-8-16(11-13-3-2-9-19-13)14(17)12-4-6-15-7-5-12/h2-7,9H,8,10-11H2,1H3. The molecule has 5 heteroatoms. The van der Waals surface area contributed by atoms with Crippen LogP contribution in [0.15, 0.2) is 47.3 Å². The molecule has 2 aromatic heterocycles. The second-order valence-electron chi connectivity index (χ2n) is 4.03. The number of carbonyl (C=O) groups is 1. The summed E-state index contributed by atoms with van der Waals surface area (Å²) in [5, 5.41) is 0. The first kappa shape index (κ1) is 13.3. The molecule has 0 aromatic carbocycles. The lowest BCUT2D eigenvalue weighted by Crippen LogP contribution is -2.33. The molecule has 0 saturated carbocycles. The van der Waals surface area contributed by atoms with Gasteiger partial charge in [0.15, 0.2) is 0 Å². The Morgan fingerprint density at radius 2 is 2.16 bits per heavy atom. The average molecular weight is 260 g/mol. The normalized spacial score (nSPS) is 10.4. The fourth-order valence-corrected chi connectivity index (χ4v) is 1.72. The number of ether oxygens (including phenoxy) is 1. The summed E-state index contributed by atoms with van der Waals surface area (Å²) in [7, 11) is 1.61.